The normalized spacial score (nSPS) is 32.5. The molecule has 0 aliphatic heterocycles. The number of carbonyl (C=O) groups is 2. The lowest BCUT2D eigenvalue weighted by molar-refractivity contribution is -0.130. The number of carbonyl (C=O) groups excluding carboxylic acids is 2. The quantitative estimate of drug-likeness (QED) is 0.765. The van der Waals surface area contributed by atoms with Gasteiger partial charge in [-0.1, -0.05) is 23.2 Å². The highest BCUT2D eigenvalue weighted by Crippen LogP contribution is 2.61. The summed E-state index contributed by atoms with van der Waals surface area (Å²) in [6.45, 7) is 0. The molecule has 0 saturated heterocycles. The van der Waals surface area contributed by atoms with E-state index in [0.717, 1.165) is 17.8 Å². The van der Waals surface area contributed by atoms with Gasteiger partial charge in [0.15, 0.2) is 0 Å². The standard InChI is InChI=1S/C19H22Cl2N2O2/c20-14-1-2-15(16(21)6-14)18(25)23-22-17(24)10-19-7-11-3-12(8-19)5-13(4-11)9-19/h1-2,6,11-13H,3-5,7-10H2,(H,22,24)(H,23,25). The van der Waals surface area contributed by atoms with Crippen LogP contribution in [0.15, 0.2) is 18.2 Å². The Morgan fingerprint density at radius 2 is 1.60 bits per heavy atom. The zero-order valence-corrected chi connectivity index (χ0v) is 15.5. The van der Waals surface area contributed by atoms with E-state index in [0.29, 0.717) is 17.0 Å². The van der Waals surface area contributed by atoms with Crippen molar-refractivity contribution in [3.8, 4) is 0 Å². The van der Waals surface area contributed by atoms with Gasteiger partial charge in [0.25, 0.3) is 5.91 Å². The molecule has 0 atom stereocenters. The van der Waals surface area contributed by atoms with Crippen molar-refractivity contribution in [1.82, 2.24) is 10.9 Å². The molecule has 4 nitrogen and oxygen atoms in total. The summed E-state index contributed by atoms with van der Waals surface area (Å²) >= 11 is 11.9. The van der Waals surface area contributed by atoms with Crippen molar-refractivity contribution in [3.63, 3.8) is 0 Å². The van der Waals surface area contributed by atoms with E-state index >= 15 is 0 Å². The Kier molecular flexibility index (Phi) is 4.45. The molecule has 1 aromatic carbocycles. The number of hydrogen-bond donors (Lipinski definition) is 2. The van der Waals surface area contributed by atoms with Crippen molar-refractivity contribution < 1.29 is 9.59 Å². The van der Waals surface area contributed by atoms with E-state index in [4.69, 9.17) is 23.2 Å². The van der Waals surface area contributed by atoms with Crippen LogP contribution in [-0.2, 0) is 4.79 Å². The Hall–Kier alpha value is -1.26. The molecule has 0 spiro atoms. The van der Waals surface area contributed by atoms with Gasteiger partial charge in [-0.3, -0.25) is 20.4 Å². The van der Waals surface area contributed by atoms with Gasteiger partial charge in [0.2, 0.25) is 5.91 Å². The highest BCUT2D eigenvalue weighted by molar-refractivity contribution is 6.36. The van der Waals surface area contributed by atoms with Crippen LogP contribution in [0.5, 0.6) is 0 Å². The molecule has 4 aliphatic rings. The molecule has 6 heteroatoms. The van der Waals surface area contributed by atoms with Crippen molar-refractivity contribution in [2.24, 2.45) is 23.2 Å². The largest absolute Gasteiger partial charge is 0.273 e. The zero-order valence-electron chi connectivity index (χ0n) is 14.0. The molecule has 0 heterocycles. The molecule has 0 radical (unpaired) electrons. The van der Waals surface area contributed by atoms with Gasteiger partial charge in [-0.15, -0.1) is 0 Å². The maximum atomic E-state index is 12.4. The van der Waals surface area contributed by atoms with Gasteiger partial charge in [-0.05, 0) is 79.9 Å². The maximum Gasteiger partial charge on any atom is 0.271 e. The molecular formula is C19H22Cl2N2O2. The molecule has 4 saturated carbocycles. The zero-order chi connectivity index (χ0) is 17.6. The summed E-state index contributed by atoms with van der Waals surface area (Å²) in [7, 11) is 0. The fourth-order valence-electron chi connectivity index (χ4n) is 5.76. The van der Waals surface area contributed by atoms with E-state index in [-0.39, 0.29) is 16.3 Å². The summed E-state index contributed by atoms with van der Waals surface area (Å²) < 4.78 is 0. The highest BCUT2D eigenvalue weighted by Gasteiger charge is 2.51. The van der Waals surface area contributed by atoms with Gasteiger partial charge < -0.3 is 0 Å². The molecule has 4 aliphatic carbocycles. The topological polar surface area (TPSA) is 58.2 Å². The molecular weight excluding hydrogens is 359 g/mol. The number of amides is 2. The van der Waals surface area contributed by atoms with Crippen LogP contribution in [0.4, 0.5) is 0 Å². The third kappa shape index (κ3) is 3.52. The molecule has 25 heavy (non-hydrogen) atoms. The van der Waals surface area contributed by atoms with Gasteiger partial charge in [0.05, 0.1) is 10.6 Å². The van der Waals surface area contributed by atoms with E-state index < -0.39 is 5.91 Å². The minimum Gasteiger partial charge on any atom is -0.273 e. The van der Waals surface area contributed by atoms with Gasteiger partial charge in [0.1, 0.15) is 0 Å². The number of rotatable bonds is 3. The fourth-order valence-corrected chi connectivity index (χ4v) is 6.25. The van der Waals surface area contributed by atoms with Crippen LogP contribution in [0.2, 0.25) is 10.0 Å². The monoisotopic (exact) mass is 380 g/mol. The van der Waals surface area contributed by atoms with E-state index in [1.54, 1.807) is 12.1 Å². The Bertz CT molecular complexity index is 684. The molecule has 2 amide bonds. The van der Waals surface area contributed by atoms with Gasteiger partial charge >= 0.3 is 0 Å². The predicted octanol–water partition coefficient (Wildman–Crippen LogP) is 4.36. The van der Waals surface area contributed by atoms with Crippen LogP contribution < -0.4 is 10.9 Å². The van der Waals surface area contributed by atoms with Crippen molar-refractivity contribution in [2.45, 2.75) is 44.9 Å². The smallest absolute Gasteiger partial charge is 0.271 e. The van der Waals surface area contributed by atoms with Crippen LogP contribution in [-0.4, -0.2) is 11.8 Å². The lowest BCUT2D eigenvalue weighted by atomic mass is 9.49. The first-order valence-electron chi connectivity index (χ1n) is 8.97. The van der Waals surface area contributed by atoms with Crippen LogP contribution in [0.3, 0.4) is 0 Å². The first-order chi connectivity index (χ1) is 11.9. The second kappa shape index (κ2) is 6.48. The van der Waals surface area contributed by atoms with Crippen LogP contribution in [0, 0.1) is 23.2 Å². The van der Waals surface area contributed by atoms with Gasteiger partial charge in [-0.25, -0.2) is 0 Å². The number of halogens is 2. The molecule has 1 aromatic rings. The maximum absolute atomic E-state index is 12.4. The van der Waals surface area contributed by atoms with E-state index in [1.807, 2.05) is 0 Å². The first kappa shape index (κ1) is 17.2. The summed E-state index contributed by atoms with van der Waals surface area (Å²) in [5.74, 6) is 1.88. The summed E-state index contributed by atoms with van der Waals surface area (Å²) in [6.07, 6.45) is 8.08. The second-order valence-corrected chi connectivity index (χ2v) is 9.06. The lowest BCUT2D eigenvalue weighted by Gasteiger charge is -2.56. The van der Waals surface area contributed by atoms with Crippen LogP contribution in [0.1, 0.15) is 55.3 Å². The SMILES string of the molecule is O=C(CC12CC3CC(CC(C3)C1)C2)NNC(=O)c1ccc(Cl)cc1Cl. The van der Waals surface area contributed by atoms with Gasteiger partial charge in [0, 0.05) is 11.4 Å². The minimum absolute atomic E-state index is 0.111. The molecule has 0 unspecified atom stereocenters. The molecule has 4 fully saturated rings. The summed E-state index contributed by atoms with van der Waals surface area (Å²) in [6, 6.07) is 4.65. The molecule has 134 valence electrons. The average Bonchev–Trinajstić information content (AvgIpc) is 2.50. The second-order valence-electron chi connectivity index (χ2n) is 8.22. The Morgan fingerprint density at radius 1 is 1.00 bits per heavy atom. The number of benzene rings is 1. The average molecular weight is 381 g/mol. The van der Waals surface area contributed by atoms with E-state index in [9.17, 15) is 9.59 Å². The van der Waals surface area contributed by atoms with Crippen molar-refractivity contribution in [2.75, 3.05) is 0 Å². The van der Waals surface area contributed by atoms with Crippen molar-refractivity contribution >= 4 is 35.0 Å². The summed E-state index contributed by atoms with van der Waals surface area (Å²) in [5.41, 5.74) is 5.49. The lowest BCUT2D eigenvalue weighted by Crippen LogP contribution is -2.50. The van der Waals surface area contributed by atoms with E-state index in [1.165, 1.54) is 44.6 Å². The van der Waals surface area contributed by atoms with Crippen molar-refractivity contribution in [3.05, 3.63) is 33.8 Å². The summed E-state index contributed by atoms with van der Waals surface area (Å²) in [5, 5.41) is 0.729. The highest BCUT2D eigenvalue weighted by atomic mass is 35.5. The molecule has 4 bridgehead atoms. The van der Waals surface area contributed by atoms with E-state index in [2.05, 4.69) is 10.9 Å². The number of hydrogen-bond acceptors (Lipinski definition) is 2. The molecule has 2 N–H and O–H groups in total. The Balaban J connectivity index is 1.34. The number of nitrogens with one attached hydrogen (secondary N) is 2. The van der Waals surface area contributed by atoms with Gasteiger partial charge in [-0.2, -0.15) is 0 Å². The third-order valence-corrected chi connectivity index (χ3v) is 6.74. The molecule has 5 rings (SSSR count). The third-order valence-electron chi connectivity index (χ3n) is 6.19. The Labute approximate surface area is 157 Å². The fraction of sp³-hybridized carbons (Fsp3) is 0.579. The van der Waals surface area contributed by atoms with Crippen molar-refractivity contribution in [1.29, 1.82) is 0 Å². The van der Waals surface area contributed by atoms with Crippen LogP contribution in [0.25, 0.3) is 0 Å². The Morgan fingerprint density at radius 3 is 2.16 bits per heavy atom. The predicted molar refractivity (Wildman–Crippen MR) is 97.3 cm³/mol. The summed E-state index contributed by atoms with van der Waals surface area (Å²) in [4.78, 5) is 24.6. The minimum atomic E-state index is -0.430. The number of hydrazine groups is 1. The first-order valence-corrected chi connectivity index (χ1v) is 9.72. The molecule has 0 aromatic heterocycles. The van der Waals surface area contributed by atoms with Crippen LogP contribution >= 0.6 is 23.2 Å².